The third-order valence-electron chi connectivity index (χ3n) is 3.25. The number of benzene rings is 1. The summed E-state index contributed by atoms with van der Waals surface area (Å²) in [6.45, 7) is 5.83. The first kappa shape index (κ1) is 16.9. The molecule has 22 heavy (non-hydrogen) atoms. The van der Waals surface area contributed by atoms with Crippen molar-refractivity contribution in [3.8, 4) is 0 Å². The van der Waals surface area contributed by atoms with Crippen LogP contribution in [0.15, 0.2) is 24.3 Å². The molecule has 0 bridgehead atoms. The molecule has 0 N–H and O–H groups in total. The molecular weight excluding hydrogens is 306 g/mol. The summed E-state index contributed by atoms with van der Waals surface area (Å²) in [6.07, 6.45) is 0.222. The molecule has 1 heterocycles. The van der Waals surface area contributed by atoms with Crippen molar-refractivity contribution >= 4 is 23.1 Å². The van der Waals surface area contributed by atoms with Crippen LogP contribution in [0.5, 0.6) is 0 Å². The Hall–Kier alpha value is -1.44. The second-order valence-corrected chi connectivity index (χ2v) is 6.92. The van der Waals surface area contributed by atoms with E-state index in [0.717, 1.165) is 11.3 Å². The van der Waals surface area contributed by atoms with Gasteiger partial charge in [0.05, 0.1) is 23.7 Å². The van der Waals surface area contributed by atoms with E-state index in [1.807, 2.05) is 45.0 Å². The topological polar surface area (TPSA) is 78.9 Å². The van der Waals surface area contributed by atoms with Crippen molar-refractivity contribution in [2.24, 2.45) is 5.92 Å². The second kappa shape index (κ2) is 6.76. The highest BCUT2D eigenvalue weighted by molar-refractivity contribution is 7.74. The maximum Gasteiger partial charge on any atom is 0.414 e. The Kier molecular flexibility index (Phi) is 5.20. The number of rotatable bonds is 3. The number of ether oxygens (including phenoxy) is 1. The van der Waals surface area contributed by atoms with Crippen molar-refractivity contribution in [3.05, 3.63) is 29.8 Å². The Morgan fingerprint density at radius 3 is 2.73 bits per heavy atom. The van der Waals surface area contributed by atoms with E-state index in [0.29, 0.717) is 13.0 Å². The number of carbonyl (C=O) groups excluding carboxylic acids is 1. The highest BCUT2D eigenvalue weighted by Crippen LogP contribution is 2.31. The van der Waals surface area contributed by atoms with Gasteiger partial charge in [-0.15, -0.1) is 0 Å². The number of hydrogen-bond acceptors (Lipinski definition) is 5. The first-order chi connectivity index (χ1) is 10.3. The van der Waals surface area contributed by atoms with Gasteiger partial charge in [0.25, 0.3) is 0 Å². The molecule has 0 saturated heterocycles. The molecule has 122 valence electrons. The fourth-order valence-corrected chi connectivity index (χ4v) is 2.74. The molecule has 1 aromatic rings. The summed E-state index contributed by atoms with van der Waals surface area (Å²) in [6, 6.07) is 7.54. The Balaban J connectivity index is 2.19. The smallest absolute Gasteiger partial charge is 0.414 e. The number of anilines is 1. The number of hydrogen-bond donors (Lipinski definition) is 0. The molecule has 1 aliphatic heterocycles. The minimum Gasteiger partial charge on any atom is -0.750 e. The summed E-state index contributed by atoms with van der Waals surface area (Å²) in [7, 11) is 0. The van der Waals surface area contributed by atoms with Gasteiger partial charge in [0.2, 0.25) is 0 Å². The van der Waals surface area contributed by atoms with Crippen LogP contribution < -0.4 is 4.90 Å². The van der Waals surface area contributed by atoms with Gasteiger partial charge in [0.15, 0.2) is 0 Å². The van der Waals surface area contributed by atoms with Gasteiger partial charge in [-0.2, -0.15) is 0 Å². The van der Waals surface area contributed by atoms with Crippen molar-refractivity contribution < 1.29 is 22.5 Å². The zero-order valence-corrected chi connectivity index (χ0v) is 13.7. The van der Waals surface area contributed by atoms with Crippen LogP contribution in [0.3, 0.4) is 0 Å². The Bertz CT molecular complexity index is 569. The molecule has 2 atom stereocenters. The van der Waals surface area contributed by atoms with E-state index < -0.39 is 23.1 Å². The van der Waals surface area contributed by atoms with Gasteiger partial charge in [0.1, 0.15) is 5.60 Å². The Morgan fingerprint density at radius 2 is 2.09 bits per heavy atom. The summed E-state index contributed by atoms with van der Waals surface area (Å²) < 4.78 is 31.2. The van der Waals surface area contributed by atoms with Crippen molar-refractivity contribution in [1.29, 1.82) is 0 Å². The number of amides is 1. The highest BCUT2D eigenvalue weighted by Gasteiger charge is 2.31. The normalized spacial score (nSPS) is 19.5. The molecule has 6 nitrogen and oxygen atoms in total. The van der Waals surface area contributed by atoms with Gasteiger partial charge >= 0.3 is 6.09 Å². The molecule has 1 aromatic carbocycles. The molecule has 1 unspecified atom stereocenters. The first-order valence-corrected chi connectivity index (χ1v) is 8.07. The number of para-hydroxylation sites is 1. The molecule has 0 radical (unpaired) electrons. The van der Waals surface area contributed by atoms with Crippen molar-refractivity contribution in [3.63, 3.8) is 0 Å². The van der Waals surface area contributed by atoms with Crippen molar-refractivity contribution in [1.82, 2.24) is 0 Å². The molecule has 2 rings (SSSR count). The summed E-state index contributed by atoms with van der Waals surface area (Å²) in [5.41, 5.74) is 1.19. The third-order valence-corrected chi connectivity index (χ3v) is 3.57. The second-order valence-electron chi connectivity index (χ2n) is 6.28. The van der Waals surface area contributed by atoms with E-state index >= 15 is 0 Å². The average molecular weight is 326 g/mol. The highest BCUT2D eigenvalue weighted by atomic mass is 32.2. The number of nitrogens with zero attached hydrogens (tertiary/aromatic N) is 1. The molecule has 1 amide bonds. The van der Waals surface area contributed by atoms with Gasteiger partial charge in [-0.25, -0.2) is 9.00 Å². The SMILES string of the molecule is CC(C)(C)OC(=O)N1C[C@H](COS(=O)[O-])Cc2ccccc21. The predicted molar refractivity (Wildman–Crippen MR) is 82.1 cm³/mol. The molecule has 7 heteroatoms. The third kappa shape index (κ3) is 4.53. The predicted octanol–water partition coefficient (Wildman–Crippen LogP) is 2.41. The first-order valence-electron chi connectivity index (χ1n) is 7.07. The van der Waals surface area contributed by atoms with Crippen LogP contribution in [0.25, 0.3) is 0 Å². The van der Waals surface area contributed by atoms with Crippen molar-refractivity contribution in [2.75, 3.05) is 18.1 Å². The van der Waals surface area contributed by atoms with Crippen LogP contribution >= 0.6 is 0 Å². The van der Waals surface area contributed by atoms with E-state index in [2.05, 4.69) is 4.18 Å². The standard InChI is InChI=1S/C15H21NO5S/c1-15(2,3)21-14(17)16-9-11(10-20-22(18)19)8-12-6-4-5-7-13(12)16/h4-7,11H,8-10H2,1-3H3,(H,18,19)/p-1/t11-/m1/s1. The van der Waals surface area contributed by atoms with Gasteiger partial charge < -0.3 is 13.5 Å². The van der Waals surface area contributed by atoms with E-state index in [9.17, 15) is 13.6 Å². The molecule has 1 aliphatic rings. The number of fused-ring (bicyclic) bond motifs is 1. The molecule has 0 spiro atoms. The lowest BCUT2D eigenvalue weighted by molar-refractivity contribution is 0.0567. The van der Waals surface area contributed by atoms with Crippen LogP contribution in [0.4, 0.5) is 10.5 Å². The van der Waals surface area contributed by atoms with Crippen LogP contribution in [-0.4, -0.2) is 33.6 Å². The maximum absolute atomic E-state index is 12.4. The lowest BCUT2D eigenvalue weighted by Crippen LogP contribution is -2.44. The minimum absolute atomic E-state index is 0.0454. The van der Waals surface area contributed by atoms with Crippen molar-refractivity contribution in [2.45, 2.75) is 32.8 Å². The molecule has 0 aromatic heterocycles. The Morgan fingerprint density at radius 1 is 1.41 bits per heavy atom. The van der Waals surface area contributed by atoms with E-state index in [-0.39, 0.29) is 12.5 Å². The summed E-state index contributed by atoms with van der Waals surface area (Å²) in [5.74, 6) is -0.0969. The fraction of sp³-hybridized carbons (Fsp3) is 0.533. The number of carbonyl (C=O) groups is 1. The van der Waals surface area contributed by atoms with Gasteiger partial charge in [-0.1, -0.05) is 18.2 Å². The van der Waals surface area contributed by atoms with Crippen LogP contribution in [0.1, 0.15) is 26.3 Å². The van der Waals surface area contributed by atoms with Gasteiger partial charge in [-0.3, -0.25) is 4.90 Å². The summed E-state index contributed by atoms with van der Waals surface area (Å²) in [4.78, 5) is 13.9. The van der Waals surface area contributed by atoms with E-state index in [1.165, 1.54) is 0 Å². The largest absolute Gasteiger partial charge is 0.750 e. The van der Waals surface area contributed by atoms with E-state index in [4.69, 9.17) is 4.74 Å². The van der Waals surface area contributed by atoms with Crippen LogP contribution in [0, 0.1) is 5.92 Å². The van der Waals surface area contributed by atoms with Gasteiger partial charge in [-0.05, 0) is 38.8 Å². The summed E-state index contributed by atoms with van der Waals surface area (Å²) in [5, 5.41) is 0. The minimum atomic E-state index is -2.55. The molecular formula is C15H20NO5S-. The van der Waals surface area contributed by atoms with Crippen LogP contribution in [-0.2, 0) is 26.7 Å². The molecule has 0 aliphatic carbocycles. The lowest BCUT2D eigenvalue weighted by atomic mass is 9.93. The zero-order chi connectivity index (χ0) is 16.3. The summed E-state index contributed by atoms with van der Waals surface area (Å²) >= 11 is -2.55. The molecule has 0 fully saturated rings. The van der Waals surface area contributed by atoms with Crippen LogP contribution in [0.2, 0.25) is 0 Å². The van der Waals surface area contributed by atoms with E-state index in [1.54, 1.807) is 4.90 Å². The monoisotopic (exact) mass is 326 g/mol. The quantitative estimate of drug-likeness (QED) is 0.797. The average Bonchev–Trinajstić information content (AvgIpc) is 2.42. The molecule has 0 saturated carbocycles. The maximum atomic E-state index is 12.4. The lowest BCUT2D eigenvalue weighted by Gasteiger charge is -2.35. The fourth-order valence-electron chi connectivity index (χ4n) is 2.43. The zero-order valence-electron chi connectivity index (χ0n) is 12.9. The van der Waals surface area contributed by atoms with Gasteiger partial charge in [0, 0.05) is 12.5 Å². The Labute approximate surface area is 132 Å².